The molecule has 0 aromatic carbocycles. The second kappa shape index (κ2) is 7.50. The van der Waals surface area contributed by atoms with Gasteiger partial charge in [0.15, 0.2) is 0 Å². The van der Waals surface area contributed by atoms with Gasteiger partial charge in [-0.2, -0.15) is 0 Å². The van der Waals surface area contributed by atoms with E-state index in [2.05, 4.69) is 50.3 Å². The van der Waals surface area contributed by atoms with Gasteiger partial charge in [-0.25, -0.2) is 4.98 Å². The lowest BCUT2D eigenvalue weighted by Gasteiger charge is -2.22. The lowest BCUT2D eigenvalue weighted by molar-refractivity contribution is -0.0127. The topological polar surface area (TPSA) is 43.4 Å². The first-order chi connectivity index (χ1) is 9.22. The molecule has 0 saturated carbocycles. The van der Waals surface area contributed by atoms with Crippen molar-refractivity contribution < 1.29 is 9.47 Å². The van der Waals surface area contributed by atoms with Crippen molar-refractivity contribution in [2.45, 2.75) is 65.3 Å². The van der Waals surface area contributed by atoms with E-state index in [9.17, 15) is 0 Å². The maximum absolute atomic E-state index is 5.66. The van der Waals surface area contributed by atoms with Gasteiger partial charge in [-0.05, 0) is 41.0 Å². The van der Waals surface area contributed by atoms with Gasteiger partial charge in [-0.15, -0.1) is 11.3 Å². The summed E-state index contributed by atoms with van der Waals surface area (Å²) >= 11 is 1.68. The third-order valence-corrected chi connectivity index (χ3v) is 3.92. The predicted octanol–water partition coefficient (Wildman–Crippen LogP) is 3.36. The summed E-state index contributed by atoms with van der Waals surface area (Å²) in [6.07, 6.45) is 0.881. The molecule has 1 heterocycles. The molecule has 116 valence electrons. The largest absolute Gasteiger partial charge is 0.379 e. The summed E-state index contributed by atoms with van der Waals surface area (Å²) < 4.78 is 11.0. The number of nitrogens with one attached hydrogen (secondary N) is 1. The first-order valence-corrected chi connectivity index (χ1v) is 7.91. The van der Waals surface area contributed by atoms with Crippen molar-refractivity contribution in [3.63, 3.8) is 0 Å². The van der Waals surface area contributed by atoms with Crippen LogP contribution in [0.25, 0.3) is 0 Å². The van der Waals surface area contributed by atoms with E-state index in [1.807, 2.05) is 0 Å². The van der Waals surface area contributed by atoms with Crippen molar-refractivity contribution in [2.75, 3.05) is 13.7 Å². The van der Waals surface area contributed by atoms with Crippen LogP contribution in [0.15, 0.2) is 5.38 Å². The number of rotatable bonds is 8. The fourth-order valence-electron chi connectivity index (χ4n) is 1.43. The van der Waals surface area contributed by atoms with E-state index in [0.717, 1.165) is 23.7 Å². The van der Waals surface area contributed by atoms with E-state index in [4.69, 9.17) is 9.47 Å². The van der Waals surface area contributed by atoms with Crippen LogP contribution in [0.2, 0.25) is 0 Å². The van der Waals surface area contributed by atoms with Crippen LogP contribution >= 0.6 is 11.3 Å². The van der Waals surface area contributed by atoms with Gasteiger partial charge >= 0.3 is 0 Å². The van der Waals surface area contributed by atoms with Crippen LogP contribution in [0.4, 0.5) is 0 Å². The van der Waals surface area contributed by atoms with Crippen molar-refractivity contribution in [2.24, 2.45) is 0 Å². The minimum atomic E-state index is -0.121. The molecule has 0 fully saturated rings. The third-order valence-electron chi connectivity index (χ3n) is 3.02. The summed E-state index contributed by atoms with van der Waals surface area (Å²) in [6.45, 7) is 12.7. The van der Waals surface area contributed by atoms with Gasteiger partial charge in [-0.1, -0.05) is 0 Å². The number of nitrogens with zero attached hydrogens (tertiary/aromatic N) is 1. The smallest absolute Gasteiger partial charge is 0.107 e. The summed E-state index contributed by atoms with van der Waals surface area (Å²) in [4.78, 5) is 4.57. The highest BCUT2D eigenvalue weighted by molar-refractivity contribution is 7.09. The minimum absolute atomic E-state index is 0.119. The first kappa shape index (κ1) is 17.6. The number of hydrogen-bond acceptors (Lipinski definition) is 5. The van der Waals surface area contributed by atoms with Crippen molar-refractivity contribution in [3.05, 3.63) is 16.1 Å². The van der Waals surface area contributed by atoms with Crippen LogP contribution in [-0.2, 0) is 22.6 Å². The Hall–Kier alpha value is -0.490. The van der Waals surface area contributed by atoms with Gasteiger partial charge in [-0.3, -0.25) is 0 Å². The fraction of sp³-hybridized carbons (Fsp3) is 0.800. The molecule has 0 aliphatic heterocycles. The molecule has 0 radical (unpaired) electrons. The summed E-state index contributed by atoms with van der Waals surface area (Å²) in [5.41, 5.74) is 1.01. The summed E-state index contributed by atoms with van der Waals surface area (Å²) in [7, 11) is 1.73. The van der Waals surface area contributed by atoms with Crippen LogP contribution in [0.3, 0.4) is 0 Å². The molecule has 1 rings (SSSR count). The van der Waals surface area contributed by atoms with Gasteiger partial charge in [0.2, 0.25) is 0 Å². The average molecular weight is 300 g/mol. The Bertz CT molecular complexity index is 397. The molecule has 4 nitrogen and oxygen atoms in total. The molecule has 5 heteroatoms. The average Bonchev–Trinajstić information content (AvgIpc) is 2.79. The molecule has 0 bridgehead atoms. The van der Waals surface area contributed by atoms with E-state index in [-0.39, 0.29) is 11.1 Å². The molecular weight excluding hydrogens is 272 g/mol. The Morgan fingerprint density at radius 1 is 1.25 bits per heavy atom. The van der Waals surface area contributed by atoms with E-state index in [0.29, 0.717) is 13.2 Å². The van der Waals surface area contributed by atoms with E-state index in [1.165, 1.54) is 0 Å². The lowest BCUT2D eigenvalue weighted by atomic mass is 10.1. The Morgan fingerprint density at radius 2 is 1.95 bits per heavy atom. The van der Waals surface area contributed by atoms with Crippen LogP contribution < -0.4 is 5.32 Å². The molecule has 1 N–H and O–H groups in total. The molecular formula is C15H28N2O2S. The zero-order chi connectivity index (χ0) is 15.2. The molecule has 0 unspecified atom stereocenters. The van der Waals surface area contributed by atoms with Gasteiger partial charge in [0.1, 0.15) is 5.01 Å². The van der Waals surface area contributed by atoms with Crippen LogP contribution in [0.5, 0.6) is 0 Å². The predicted molar refractivity (Wildman–Crippen MR) is 84.1 cm³/mol. The summed E-state index contributed by atoms with van der Waals surface area (Å²) in [6, 6.07) is 0. The zero-order valence-electron chi connectivity index (χ0n) is 13.6. The number of thiazole rings is 1. The SMILES string of the molecule is COC(C)(C)CCOCc1csc(CNC(C)(C)C)n1. The molecule has 20 heavy (non-hydrogen) atoms. The molecule has 0 saturated heterocycles. The summed E-state index contributed by atoms with van der Waals surface area (Å²) in [5.74, 6) is 0. The molecule has 0 amide bonds. The first-order valence-electron chi connectivity index (χ1n) is 7.03. The number of aromatic nitrogens is 1. The van der Waals surface area contributed by atoms with E-state index >= 15 is 0 Å². The van der Waals surface area contributed by atoms with Crippen molar-refractivity contribution in [3.8, 4) is 0 Å². The normalized spacial score (nSPS) is 12.9. The van der Waals surface area contributed by atoms with Crippen LogP contribution in [0.1, 0.15) is 51.7 Å². The van der Waals surface area contributed by atoms with Crippen LogP contribution in [0, 0.1) is 0 Å². The van der Waals surface area contributed by atoms with Crippen molar-refractivity contribution >= 4 is 11.3 Å². The number of ether oxygens (including phenoxy) is 2. The highest BCUT2D eigenvalue weighted by Gasteiger charge is 2.15. The van der Waals surface area contributed by atoms with Crippen molar-refractivity contribution in [1.82, 2.24) is 10.3 Å². The second-order valence-corrected chi connectivity index (χ2v) is 7.55. The highest BCUT2D eigenvalue weighted by Crippen LogP contribution is 2.15. The molecule has 0 aliphatic rings. The molecule has 1 aromatic heterocycles. The number of hydrogen-bond donors (Lipinski definition) is 1. The van der Waals surface area contributed by atoms with E-state index < -0.39 is 0 Å². The fourth-order valence-corrected chi connectivity index (χ4v) is 2.15. The lowest BCUT2D eigenvalue weighted by Crippen LogP contribution is -2.35. The van der Waals surface area contributed by atoms with Crippen LogP contribution in [-0.4, -0.2) is 29.8 Å². The van der Waals surface area contributed by atoms with Gasteiger partial charge in [0.25, 0.3) is 0 Å². The highest BCUT2D eigenvalue weighted by atomic mass is 32.1. The molecule has 0 aliphatic carbocycles. The maximum atomic E-state index is 5.66. The second-order valence-electron chi connectivity index (χ2n) is 6.60. The molecule has 1 aromatic rings. The quantitative estimate of drug-likeness (QED) is 0.748. The van der Waals surface area contributed by atoms with Gasteiger partial charge in [0, 0.05) is 31.2 Å². The Morgan fingerprint density at radius 3 is 2.55 bits per heavy atom. The minimum Gasteiger partial charge on any atom is -0.379 e. The third kappa shape index (κ3) is 7.33. The zero-order valence-corrected chi connectivity index (χ0v) is 14.4. The standard InChI is InChI=1S/C15H28N2O2S/c1-14(2,3)16-9-13-17-12(11-20-13)10-19-8-7-15(4,5)18-6/h11,16H,7-10H2,1-6H3. The van der Waals surface area contributed by atoms with Gasteiger partial charge in [0.05, 0.1) is 17.9 Å². The Balaban J connectivity index is 2.27. The number of methoxy groups -OCH3 is 1. The van der Waals surface area contributed by atoms with Crippen molar-refractivity contribution in [1.29, 1.82) is 0 Å². The monoisotopic (exact) mass is 300 g/mol. The van der Waals surface area contributed by atoms with E-state index in [1.54, 1.807) is 18.4 Å². The Labute approximate surface area is 126 Å². The maximum Gasteiger partial charge on any atom is 0.107 e. The Kier molecular flexibility index (Phi) is 6.58. The molecule has 0 atom stereocenters. The molecule has 0 spiro atoms. The summed E-state index contributed by atoms with van der Waals surface area (Å²) in [5, 5.41) is 6.61. The van der Waals surface area contributed by atoms with Gasteiger partial charge < -0.3 is 14.8 Å².